The molecule has 0 aliphatic carbocycles. The highest BCUT2D eigenvalue weighted by atomic mass is 16.5. The number of hydrogen-bond acceptors (Lipinski definition) is 8. The van der Waals surface area contributed by atoms with E-state index in [4.69, 9.17) is 9.47 Å². The van der Waals surface area contributed by atoms with Crippen LogP contribution >= 0.6 is 0 Å². The van der Waals surface area contributed by atoms with E-state index in [1.54, 1.807) is 6.34 Å². The van der Waals surface area contributed by atoms with E-state index in [0.717, 1.165) is 72.7 Å². The lowest BCUT2D eigenvalue weighted by Gasteiger charge is -2.28. The average molecular weight is 477 g/mol. The number of aryl methyl sites for hydroxylation is 1. The number of likely N-dealkylation sites (tertiary alicyclic amines) is 1. The summed E-state index contributed by atoms with van der Waals surface area (Å²) in [6.45, 7) is 9.03. The van der Waals surface area contributed by atoms with Gasteiger partial charge in [0.05, 0.1) is 18.2 Å². The number of rotatable bonds is 8. The van der Waals surface area contributed by atoms with Crippen LogP contribution in [0.15, 0.2) is 38.2 Å². The molecule has 0 radical (unpaired) electrons. The van der Waals surface area contributed by atoms with Crippen molar-refractivity contribution in [2.24, 2.45) is 20.0 Å². The zero-order valence-electron chi connectivity index (χ0n) is 20.7. The molecule has 0 saturated carbocycles. The number of aliphatic imine (C=N–C) groups is 4. The van der Waals surface area contributed by atoms with Gasteiger partial charge < -0.3 is 18.9 Å². The Morgan fingerprint density at radius 2 is 2.11 bits per heavy atom. The van der Waals surface area contributed by atoms with Crippen LogP contribution in [0.25, 0.3) is 10.9 Å². The molecule has 3 aliphatic rings. The number of carbonyl (C=O) groups is 1. The van der Waals surface area contributed by atoms with E-state index in [9.17, 15) is 4.79 Å². The fourth-order valence-corrected chi connectivity index (χ4v) is 5.10. The van der Waals surface area contributed by atoms with Gasteiger partial charge >= 0.3 is 5.97 Å². The monoisotopic (exact) mass is 476 g/mol. The molecule has 9 heteroatoms. The Labute approximate surface area is 205 Å². The predicted molar refractivity (Wildman–Crippen MR) is 138 cm³/mol. The van der Waals surface area contributed by atoms with Crippen LogP contribution in [0.2, 0.25) is 0 Å². The van der Waals surface area contributed by atoms with Crippen molar-refractivity contribution in [1.29, 1.82) is 0 Å². The number of fused-ring (bicyclic) bond motifs is 2. The first kappa shape index (κ1) is 23.3. The summed E-state index contributed by atoms with van der Waals surface area (Å²) < 4.78 is 13.9. The van der Waals surface area contributed by atoms with Crippen molar-refractivity contribution >= 4 is 40.6 Å². The minimum atomic E-state index is -0.281. The van der Waals surface area contributed by atoms with Gasteiger partial charge in [-0.05, 0) is 51.3 Å². The summed E-state index contributed by atoms with van der Waals surface area (Å²) in [7, 11) is 0. The Morgan fingerprint density at radius 3 is 2.94 bits per heavy atom. The first-order valence-electron chi connectivity index (χ1n) is 12.5. The van der Waals surface area contributed by atoms with Crippen molar-refractivity contribution in [2.45, 2.75) is 59.0 Å². The summed E-state index contributed by atoms with van der Waals surface area (Å²) in [5, 5.41) is 0.882. The predicted octanol–water partition coefficient (Wildman–Crippen LogP) is 4.02. The molecule has 35 heavy (non-hydrogen) atoms. The van der Waals surface area contributed by atoms with Crippen LogP contribution in [0.1, 0.15) is 55.6 Å². The van der Waals surface area contributed by atoms with Gasteiger partial charge in [0.1, 0.15) is 25.4 Å². The smallest absolute Gasteiger partial charge is 0.340 e. The maximum Gasteiger partial charge on any atom is 0.340 e. The molecule has 1 aromatic heterocycles. The molecule has 0 amide bonds. The van der Waals surface area contributed by atoms with Gasteiger partial charge in [0.2, 0.25) is 0 Å². The van der Waals surface area contributed by atoms with E-state index in [1.807, 2.05) is 26.0 Å². The van der Waals surface area contributed by atoms with E-state index in [0.29, 0.717) is 31.3 Å². The quantitative estimate of drug-likeness (QED) is 0.538. The molecular formula is C26H32N6O3. The number of ether oxygens (including phenoxy) is 2. The number of nitrogens with zero attached hydrogens (tertiary/aromatic N) is 6. The molecule has 1 unspecified atom stereocenters. The molecule has 5 rings (SSSR count). The molecule has 4 heterocycles. The fraction of sp³-hybridized carbons (Fsp3) is 0.500. The lowest BCUT2D eigenvalue weighted by molar-refractivity contribution is 0.0527. The molecule has 1 saturated heterocycles. The highest BCUT2D eigenvalue weighted by Gasteiger charge is 2.34. The van der Waals surface area contributed by atoms with E-state index in [-0.39, 0.29) is 12.0 Å². The minimum absolute atomic E-state index is 0.188. The van der Waals surface area contributed by atoms with Crippen LogP contribution in [0, 0.1) is 6.92 Å². The number of benzene rings is 1. The summed E-state index contributed by atoms with van der Waals surface area (Å²) >= 11 is 0. The molecule has 1 atom stereocenters. The molecule has 0 bridgehead atoms. The van der Waals surface area contributed by atoms with Gasteiger partial charge in [-0.25, -0.2) is 24.8 Å². The standard InChI is InChI=1S/C26H32N6O3/c1-4-6-11-31-17(3)22(26(33)34-5-2)20-13-19(9-10-21(20)31)35-14-18-8-7-12-32(18)25-23-24(28-15-27-23)29-16-30-25/h9-10,13,15,18H,4-8,11-12,14,16H2,1-3H3. The third-order valence-electron chi connectivity index (χ3n) is 6.83. The maximum atomic E-state index is 12.8. The molecule has 1 fully saturated rings. The van der Waals surface area contributed by atoms with Gasteiger partial charge in [0, 0.05) is 29.7 Å². The van der Waals surface area contributed by atoms with Crippen LogP contribution in [-0.4, -0.2) is 71.6 Å². The zero-order valence-corrected chi connectivity index (χ0v) is 20.7. The van der Waals surface area contributed by atoms with Gasteiger partial charge in [-0.15, -0.1) is 0 Å². The first-order chi connectivity index (χ1) is 17.1. The third kappa shape index (κ3) is 4.35. The van der Waals surface area contributed by atoms with Crippen LogP contribution in [0.3, 0.4) is 0 Å². The van der Waals surface area contributed by atoms with Gasteiger partial charge in [0.15, 0.2) is 17.4 Å². The summed E-state index contributed by atoms with van der Waals surface area (Å²) in [5.41, 5.74) is 3.37. The maximum absolute atomic E-state index is 12.8. The molecule has 9 nitrogen and oxygen atoms in total. The van der Waals surface area contributed by atoms with E-state index in [1.165, 1.54) is 0 Å². The summed E-state index contributed by atoms with van der Waals surface area (Å²) in [6, 6.07) is 6.22. The summed E-state index contributed by atoms with van der Waals surface area (Å²) in [4.78, 5) is 32.7. The molecule has 184 valence electrons. The largest absolute Gasteiger partial charge is 0.491 e. The Morgan fingerprint density at radius 1 is 1.23 bits per heavy atom. The molecule has 0 N–H and O–H groups in total. The molecule has 1 aromatic carbocycles. The second-order valence-electron chi connectivity index (χ2n) is 8.99. The van der Waals surface area contributed by atoms with Gasteiger partial charge in [-0.3, -0.25) is 0 Å². The Bertz CT molecular complexity index is 1260. The SMILES string of the molecule is CCCCn1c(C)c(C(=O)OCC)c2cc(OCC3CCCN3C3=NCN=C4N=CN=C43)ccc21. The number of esters is 1. The van der Waals surface area contributed by atoms with Gasteiger partial charge in [-0.1, -0.05) is 13.3 Å². The normalized spacial score (nSPS) is 19.0. The van der Waals surface area contributed by atoms with Crippen molar-refractivity contribution in [3.63, 3.8) is 0 Å². The van der Waals surface area contributed by atoms with E-state index in [2.05, 4.69) is 42.4 Å². The van der Waals surface area contributed by atoms with Crippen molar-refractivity contribution in [3.05, 3.63) is 29.5 Å². The van der Waals surface area contributed by atoms with Gasteiger partial charge in [-0.2, -0.15) is 0 Å². The van der Waals surface area contributed by atoms with E-state index >= 15 is 0 Å². The highest BCUT2D eigenvalue weighted by Crippen LogP contribution is 2.31. The second kappa shape index (κ2) is 10.0. The Hall–Kier alpha value is -3.49. The Kier molecular flexibility index (Phi) is 6.66. The summed E-state index contributed by atoms with van der Waals surface area (Å²) in [6.07, 6.45) is 5.77. The molecule has 2 aromatic rings. The van der Waals surface area contributed by atoms with Gasteiger partial charge in [0.25, 0.3) is 0 Å². The van der Waals surface area contributed by atoms with Crippen LogP contribution < -0.4 is 4.74 Å². The number of hydrogen-bond donors (Lipinski definition) is 0. The van der Waals surface area contributed by atoms with Crippen molar-refractivity contribution in [3.8, 4) is 5.75 Å². The Balaban J connectivity index is 1.37. The van der Waals surface area contributed by atoms with E-state index < -0.39 is 0 Å². The highest BCUT2D eigenvalue weighted by molar-refractivity contribution is 6.70. The lowest BCUT2D eigenvalue weighted by Crippen LogP contribution is -2.45. The second-order valence-corrected chi connectivity index (χ2v) is 8.99. The average Bonchev–Trinajstić information content (AvgIpc) is 3.58. The van der Waals surface area contributed by atoms with Crippen molar-refractivity contribution in [1.82, 2.24) is 9.47 Å². The molecule has 3 aliphatic heterocycles. The molecule has 0 spiro atoms. The third-order valence-corrected chi connectivity index (χ3v) is 6.83. The van der Waals surface area contributed by atoms with Crippen molar-refractivity contribution < 1.29 is 14.3 Å². The number of amidine groups is 2. The first-order valence-corrected chi connectivity index (χ1v) is 12.5. The van der Waals surface area contributed by atoms with Crippen LogP contribution in [0.4, 0.5) is 0 Å². The number of carbonyl (C=O) groups excluding carboxylic acids is 1. The topological polar surface area (TPSA) is 93.1 Å². The molecular weight excluding hydrogens is 444 g/mol. The lowest BCUT2D eigenvalue weighted by atomic mass is 10.1. The van der Waals surface area contributed by atoms with Crippen LogP contribution in [-0.2, 0) is 11.3 Å². The zero-order chi connectivity index (χ0) is 24.4. The number of aromatic nitrogens is 1. The minimum Gasteiger partial charge on any atom is -0.491 e. The fourth-order valence-electron chi connectivity index (χ4n) is 5.10. The summed E-state index contributed by atoms with van der Waals surface area (Å²) in [5.74, 6) is 2.00. The van der Waals surface area contributed by atoms with Crippen LogP contribution in [0.5, 0.6) is 5.75 Å². The van der Waals surface area contributed by atoms with Crippen molar-refractivity contribution in [2.75, 3.05) is 26.4 Å². The number of unbranched alkanes of at least 4 members (excludes halogenated alkanes) is 1.